The molecule has 1 aromatic heterocycles. The second-order valence-corrected chi connectivity index (χ2v) is 8.51. The van der Waals surface area contributed by atoms with Gasteiger partial charge in [-0.05, 0) is 24.6 Å². The zero-order valence-electron chi connectivity index (χ0n) is 21.5. The van der Waals surface area contributed by atoms with Gasteiger partial charge in [0.1, 0.15) is 23.9 Å². The average molecular weight is 514 g/mol. The number of hydrogen-bond acceptors (Lipinski definition) is 9. The fourth-order valence-corrected chi connectivity index (χ4v) is 4.47. The third-order valence-corrected chi connectivity index (χ3v) is 6.21. The molecule has 2 aromatic carbocycles. The number of para-hydroxylation sites is 2. The number of carbonyl (C=O) groups is 2. The molecule has 0 bridgehead atoms. The number of allylic oxidation sites excluding steroid dienone is 1. The number of rotatable bonds is 7. The fraction of sp³-hybridized carbons (Fsp3) is 0.214. The maximum Gasteiger partial charge on any atom is 0.355 e. The van der Waals surface area contributed by atoms with E-state index in [4.69, 9.17) is 19.9 Å². The summed E-state index contributed by atoms with van der Waals surface area (Å²) < 4.78 is 18.0. The van der Waals surface area contributed by atoms with Gasteiger partial charge in [-0.3, -0.25) is 9.58 Å². The Kier molecular flexibility index (Phi) is 7.48. The first-order valence-corrected chi connectivity index (χ1v) is 11.7. The molecular weight excluding hydrogens is 486 g/mol. The van der Waals surface area contributed by atoms with Crippen molar-refractivity contribution in [2.45, 2.75) is 19.4 Å². The van der Waals surface area contributed by atoms with E-state index in [1.54, 1.807) is 59.3 Å². The lowest BCUT2D eigenvalue weighted by molar-refractivity contribution is -0.139. The van der Waals surface area contributed by atoms with E-state index in [1.165, 1.54) is 19.1 Å². The lowest BCUT2D eigenvalue weighted by atomic mass is 9.81. The molecule has 1 atom stereocenters. The number of esters is 2. The van der Waals surface area contributed by atoms with E-state index in [0.717, 1.165) is 11.3 Å². The number of aryl methyl sites for hydroxylation is 2. The van der Waals surface area contributed by atoms with Gasteiger partial charge in [0.05, 0.1) is 48.7 Å². The SMILES string of the molecule is COC(=O)C1=C(C(=O)OC)N(c2ccccc2OCc2cn(C)nc2C)C(N)=C(C#N)C1c1ccccc1. The van der Waals surface area contributed by atoms with Gasteiger partial charge in [0.15, 0.2) is 0 Å². The highest BCUT2D eigenvalue weighted by atomic mass is 16.5. The molecule has 0 amide bonds. The van der Waals surface area contributed by atoms with Gasteiger partial charge < -0.3 is 19.9 Å². The molecule has 10 nitrogen and oxygen atoms in total. The van der Waals surface area contributed by atoms with E-state index in [-0.39, 0.29) is 29.3 Å². The van der Waals surface area contributed by atoms with E-state index in [0.29, 0.717) is 17.0 Å². The average Bonchev–Trinajstić information content (AvgIpc) is 3.27. The van der Waals surface area contributed by atoms with Crippen molar-refractivity contribution >= 4 is 17.6 Å². The number of hydrogen-bond donors (Lipinski definition) is 1. The van der Waals surface area contributed by atoms with Crippen LogP contribution in [-0.4, -0.2) is 35.9 Å². The Morgan fingerprint density at radius 1 is 1.05 bits per heavy atom. The number of nitrogens with two attached hydrogens (primary N) is 1. The lowest BCUT2D eigenvalue weighted by Gasteiger charge is -2.36. The van der Waals surface area contributed by atoms with Crippen molar-refractivity contribution < 1.29 is 23.8 Å². The molecule has 0 radical (unpaired) electrons. The van der Waals surface area contributed by atoms with Crippen molar-refractivity contribution in [2.24, 2.45) is 12.8 Å². The summed E-state index contributed by atoms with van der Waals surface area (Å²) in [6.07, 6.45) is 1.85. The minimum atomic E-state index is -0.954. The van der Waals surface area contributed by atoms with Crippen LogP contribution in [0.2, 0.25) is 0 Å². The molecule has 2 N–H and O–H groups in total. The molecule has 10 heteroatoms. The Balaban J connectivity index is 1.94. The molecule has 0 spiro atoms. The molecule has 3 aromatic rings. The Bertz CT molecular complexity index is 1480. The maximum atomic E-state index is 13.3. The molecule has 0 aliphatic carbocycles. The highest BCUT2D eigenvalue weighted by Gasteiger charge is 2.43. The highest BCUT2D eigenvalue weighted by molar-refractivity contribution is 6.06. The predicted octanol–water partition coefficient (Wildman–Crippen LogP) is 3.21. The quantitative estimate of drug-likeness (QED) is 0.473. The lowest BCUT2D eigenvalue weighted by Crippen LogP contribution is -2.41. The summed E-state index contributed by atoms with van der Waals surface area (Å²) in [5.74, 6) is -2.26. The summed E-state index contributed by atoms with van der Waals surface area (Å²) in [7, 11) is 4.23. The van der Waals surface area contributed by atoms with Crippen molar-refractivity contribution in [3.63, 3.8) is 0 Å². The summed E-state index contributed by atoms with van der Waals surface area (Å²) in [6, 6.07) is 17.8. The Morgan fingerprint density at radius 2 is 1.71 bits per heavy atom. The fourth-order valence-electron chi connectivity index (χ4n) is 4.47. The van der Waals surface area contributed by atoms with Gasteiger partial charge in [0.2, 0.25) is 0 Å². The van der Waals surface area contributed by atoms with Gasteiger partial charge in [0, 0.05) is 18.8 Å². The molecule has 1 aliphatic rings. The first-order chi connectivity index (χ1) is 18.3. The number of nitriles is 1. The Labute approximate surface area is 220 Å². The van der Waals surface area contributed by atoms with Crippen LogP contribution in [0.5, 0.6) is 5.75 Å². The zero-order chi connectivity index (χ0) is 27.4. The third kappa shape index (κ3) is 4.69. The van der Waals surface area contributed by atoms with Gasteiger partial charge >= 0.3 is 11.9 Å². The van der Waals surface area contributed by atoms with Crippen molar-refractivity contribution in [1.29, 1.82) is 5.26 Å². The summed E-state index contributed by atoms with van der Waals surface area (Å²) in [4.78, 5) is 27.8. The highest BCUT2D eigenvalue weighted by Crippen LogP contribution is 2.45. The zero-order valence-corrected chi connectivity index (χ0v) is 21.5. The van der Waals surface area contributed by atoms with Crippen LogP contribution < -0.4 is 15.4 Å². The number of benzene rings is 2. The van der Waals surface area contributed by atoms with E-state index in [2.05, 4.69) is 11.2 Å². The van der Waals surface area contributed by atoms with Gasteiger partial charge in [-0.1, -0.05) is 42.5 Å². The van der Waals surface area contributed by atoms with Crippen molar-refractivity contribution in [1.82, 2.24) is 9.78 Å². The summed E-state index contributed by atoms with van der Waals surface area (Å²) in [5, 5.41) is 14.6. The second-order valence-electron chi connectivity index (χ2n) is 8.51. The summed E-state index contributed by atoms with van der Waals surface area (Å²) >= 11 is 0. The van der Waals surface area contributed by atoms with E-state index < -0.39 is 17.9 Å². The number of nitrogens with zero attached hydrogens (tertiary/aromatic N) is 4. The van der Waals surface area contributed by atoms with Crippen LogP contribution in [0.15, 0.2) is 83.5 Å². The van der Waals surface area contributed by atoms with Crippen LogP contribution in [0.1, 0.15) is 22.7 Å². The monoisotopic (exact) mass is 513 g/mol. The minimum absolute atomic E-state index is 0.0389. The number of methoxy groups -OCH3 is 2. The number of anilines is 1. The van der Waals surface area contributed by atoms with E-state index in [9.17, 15) is 14.9 Å². The number of aromatic nitrogens is 2. The van der Waals surface area contributed by atoms with Crippen molar-refractivity contribution in [2.75, 3.05) is 19.1 Å². The smallest absolute Gasteiger partial charge is 0.355 e. The maximum absolute atomic E-state index is 13.3. The minimum Gasteiger partial charge on any atom is -0.487 e. The summed E-state index contributed by atoms with van der Waals surface area (Å²) in [6.45, 7) is 2.06. The third-order valence-electron chi connectivity index (χ3n) is 6.21. The van der Waals surface area contributed by atoms with Crippen LogP contribution in [0.4, 0.5) is 5.69 Å². The number of ether oxygens (including phenoxy) is 3. The van der Waals surface area contributed by atoms with E-state index >= 15 is 0 Å². The van der Waals surface area contributed by atoms with Crippen LogP contribution in [0, 0.1) is 18.3 Å². The van der Waals surface area contributed by atoms with Crippen molar-refractivity contribution in [3.05, 3.63) is 100 Å². The topological polar surface area (TPSA) is 133 Å². The molecule has 0 fully saturated rings. The van der Waals surface area contributed by atoms with E-state index in [1.807, 2.05) is 20.2 Å². The van der Waals surface area contributed by atoms with Crippen molar-refractivity contribution in [3.8, 4) is 11.8 Å². The molecule has 1 aliphatic heterocycles. The normalized spacial score (nSPS) is 15.2. The summed E-state index contributed by atoms with van der Waals surface area (Å²) in [5.41, 5.74) is 9.04. The van der Waals surface area contributed by atoms with Crippen LogP contribution in [0.25, 0.3) is 0 Å². The molecular formula is C28H27N5O5. The molecule has 1 unspecified atom stereocenters. The Hall–Kier alpha value is -5.04. The van der Waals surface area contributed by atoms with Gasteiger partial charge in [-0.15, -0.1) is 0 Å². The van der Waals surface area contributed by atoms with Gasteiger partial charge in [0.25, 0.3) is 0 Å². The molecule has 0 saturated heterocycles. The second kappa shape index (κ2) is 10.9. The first kappa shape index (κ1) is 26.0. The first-order valence-electron chi connectivity index (χ1n) is 11.7. The standard InChI is InChI=1S/C28H27N5O5/c1-17-19(15-32(2)31-17)16-38-22-13-9-8-12-21(22)33-25(28(35)37-4)24(27(34)36-3)23(20(14-29)26(33)30)18-10-6-5-7-11-18/h5-13,15,23H,16,30H2,1-4H3. The predicted molar refractivity (Wildman–Crippen MR) is 138 cm³/mol. The van der Waals surface area contributed by atoms with Crippen LogP contribution >= 0.6 is 0 Å². The Morgan fingerprint density at radius 3 is 2.32 bits per heavy atom. The molecule has 194 valence electrons. The van der Waals surface area contributed by atoms with Gasteiger partial charge in [-0.2, -0.15) is 10.4 Å². The molecule has 2 heterocycles. The molecule has 38 heavy (non-hydrogen) atoms. The largest absolute Gasteiger partial charge is 0.487 e. The molecule has 4 rings (SSSR count). The van der Waals surface area contributed by atoms with Crippen LogP contribution in [-0.2, 0) is 32.7 Å². The number of carbonyl (C=O) groups excluding carboxylic acids is 2. The van der Waals surface area contributed by atoms with Gasteiger partial charge in [-0.25, -0.2) is 9.59 Å². The van der Waals surface area contributed by atoms with Crippen LogP contribution in [0.3, 0.4) is 0 Å². The molecule has 0 saturated carbocycles.